The predicted octanol–water partition coefficient (Wildman–Crippen LogP) is 3.78. The fourth-order valence-corrected chi connectivity index (χ4v) is 3.84. The van der Waals surface area contributed by atoms with Crippen LogP contribution in [0, 0.1) is 0 Å². The molecular formula is C23H24N2O3. The Labute approximate surface area is 164 Å². The van der Waals surface area contributed by atoms with Gasteiger partial charge in [0.15, 0.2) is 0 Å². The van der Waals surface area contributed by atoms with Crippen molar-refractivity contribution in [3.05, 3.63) is 64.9 Å². The van der Waals surface area contributed by atoms with E-state index in [1.165, 1.54) is 17.5 Å². The number of anilines is 1. The number of nitrogens with one attached hydrogen (secondary N) is 2. The van der Waals surface area contributed by atoms with E-state index < -0.39 is 0 Å². The molecule has 1 aliphatic rings. The molecule has 0 aliphatic heterocycles. The van der Waals surface area contributed by atoms with Crippen molar-refractivity contribution in [1.82, 2.24) is 5.32 Å². The Morgan fingerprint density at radius 2 is 1.82 bits per heavy atom. The molecule has 0 radical (unpaired) electrons. The minimum absolute atomic E-state index is 0.0535. The number of hydrogen-bond acceptors (Lipinski definition) is 3. The highest BCUT2D eigenvalue weighted by Crippen LogP contribution is 2.30. The molecule has 0 fully saturated rings. The molecule has 2 aromatic carbocycles. The quantitative estimate of drug-likeness (QED) is 0.688. The van der Waals surface area contributed by atoms with Gasteiger partial charge in [0.2, 0.25) is 11.8 Å². The van der Waals surface area contributed by atoms with Crippen LogP contribution in [-0.2, 0) is 35.3 Å². The number of furan rings is 1. The van der Waals surface area contributed by atoms with Crippen molar-refractivity contribution in [3.63, 3.8) is 0 Å². The molecule has 0 saturated carbocycles. The van der Waals surface area contributed by atoms with Crippen molar-refractivity contribution in [2.24, 2.45) is 0 Å². The molecule has 0 unspecified atom stereocenters. The van der Waals surface area contributed by atoms with E-state index in [0.29, 0.717) is 0 Å². The number of carbonyl (C=O) groups excluding carboxylic acids is 2. The zero-order valence-corrected chi connectivity index (χ0v) is 16.0. The van der Waals surface area contributed by atoms with E-state index in [0.717, 1.165) is 47.0 Å². The van der Waals surface area contributed by atoms with Crippen molar-refractivity contribution >= 4 is 28.5 Å². The molecule has 0 atom stereocenters. The first-order valence-corrected chi connectivity index (χ1v) is 9.80. The van der Waals surface area contributed by atoms with Crippen LogP contribution in [-0.4, -0.2) is 18.4 Å². The van der Waals surface area contributed by atoms with Crippen molar-refractivity contribution in [2.75, 3.05) is 11.9 Å². The Balaban J connectivity index is 1.36. The van der Waals surface area contributed by atoms with Crippen LogP contribution in [0.1, 0.15) is 35.6 Å². The van der Waals surface area contributed by atoms with Crippen molar-refractivity contribution in [1.29, 1.82) is 0 Å². The molecule has 5 heteroatoms. The van der Waals surface area contributed by atoms with Crippen LogP contribution < -0.4 is 10.6 Å². The highest BCUT2D eigenvalue weighted by Gasteiger charge is 2.17. The third-order valence-corrected chi connectivity index (χ3v) is 5.34. The van der Waals surface area contributed by atoms with Gasteiger partial charge in [-0.2, -0.15) is 0 Å². The number of rotatable bonds is 6. The van der Waals surface area contributed by atoms with Gasteiger partial charge in [0, 0.05) is 16.6 Å². The lowest BCUT2D eigenvalue weighted by Gasteiger charge is -2.10. The molecule has 3 aromatic rings. The molecular weight excluding hydrogens is 352 g/mol. The lowest BCUT2D eigenvalue weighted by molar-refractivity contribution is -0.123. The van der Waals surface area contributed by atoms with Crippen LogP contribution in [0.25, 0.3) is 11.0 Å². The molecule has 1 aromatic heterocycles. The first-order valence-electron chi connectivity index (χ1n) is 9.80. The topological polar surface area (TPSA) is 71.3 Å². The van der Waals surface area contributed by atoms with Gasteiger partial charge in [-0.15, -0.1) is 0 Å². The van der Waals surface area contributed by atoms with E-state index in [2.05, 4.69) is 22.8 Å². The van der Waals surface area contributed by atoms with Crippen molar-refractivity contribution in [3.8, 4) is 0 Å². The summed E-state index contributed by atoms with van der Waals surface area (Å²) in [5, 5.41) is 6.56. The third kappa shape index (κ3) is 3.79. The largest absolute Gasteiger partial charge is 0.464 e. The summed E-state index contributed by atoms with van der Waals surface area (Å²) in [5.41, 5.74) is 6.25. The monoisotopic (exact) mass is 376 g/mol. The minimum Gasteiger partial charge on any atom is -0.464 e. The maximum Gasteiger partial charge on any atom is 0.243 e. The summed E-state index contributed by atoms with van der Waals surface area (Å²) >= 11 is 0. The lowest BCUT2D eigenvalue weighted by atomic mass is 10.0. The Morgan fingerprint density at radius 1 is 1.04 bits per heavy atom. The Morgan fingerprint density at radius 3 is 2.64 bits per heavy atom. The average molecular weight is 376 g/mol. The predicted molar refractivity (Wildman–Crippen MR) is 109 cm³/mol. The third-order valence-electron chi connectivity index (χ3n) is 5.34. The summed E-state index contributed by atoms with van der Waals surface area (Å²) in [6.07, 6.45) is 6.04. The number of amides is 2. The Kier molecular flexibility index (Phi) is 5.15. The molecule has 4 rings (SSSR count). The second-order valence-corrected chi connectivity index (χ2v) is 7.24. The van der Waals surface area contributed by atoms with Crippen LogP contribution in [0.2, 0.25) is 0 Å². The maximum absolute atomic E-state index is 12.3. The number of fused-ring (bicyclic) bond motifs is 2. The van der Waals surface area contributed by atoms with Crippen LogP contribution in [0.4, 0.5) is 5.69 Å². The molecule has 2 N–H and O–H groups in total. The van der Waals surface area contributed by atoms with Crippen LogP contribution in [0.15, 0.2) is 47.1 Å². The van der Waals surface area contributed by atoms with E-state index in [9.17, 15) is 9.59 Å². The standard InChI is InChI=1S/C23H24N2O3/c1-2-15-6-3-4-9-20(15)25-23(27)13-24-22(26)12-18-14-28-21-11-17-8-5-7-16(17)10-19(18)21/h3-4,6,9-11,14H,2,5,7-8,12-13H2,1H3,(H,24,26)(H,25,27). The van der Waals surface area contributed by atoms with Gasteiger partial charge < -0.3 is 15.1 Å². The summed E-state index contributed by atoms with van der Waals surface area (Å²) < 4.78 is 5.65. The van der Waals surface area contributed by atoms with Crippen molar-refractivity contribution in [2.45, 2.75) is 39.0 Å². The minimum atomic E-state index is -0.232. The molecule has 144 valence electrons. The Bertz CT molecular complexity index is 1040. The van der Waals surface area contributed by atoms with Gasteiger partial charge in [0.25, 0.3) is 0 Å². The van der Waals surface area contributed by atoms with Gasteiger partial charge in [-0.25, -0.2) is 0 Å². The van der Waals surface area contributed by atoms with E-state index in [4.69, 9.17) is 4.42 Å². The molecule has 0 saturated heterocycles. The molecule has 0 spiro atoms. The van der Waals surface area contributed by atoms with Gasteiger partial charge in [0.1, 0.15) is 5.58 Å². The van der Waals surface area contributed by atoms with E-state index in [1.807, 2.05) is 31.2 Å². The molecule has 1 heterocycles. The van der Waals surface area contributed by atoms with Gasteiger partial charge in [-0.1, -0.05) is 25.1 Å². The number of hydrogen-bond donors (Lipinski definition) is 2. The fraction of sp³-hybridized carbons (Fsp3) is 0.304. The second-order valence-electron chi connectivity index (χ2n) is 7.24. The van der Waals surface area contributed by atoms with Gasteiger partial charge in [0.05, 0.1) is 19.2 Å². The van der Waals surface area contributed by atoms with Gasteiger partial charge in [-0.05, 0) is 60.6 Å². The average Bonchev–Trinajstić information content (AvgIpc) is 3.31. The zero-order chi connectivity index (χ0) is 19.5. The molecule has 28 heavy (non-hydrogen) atoms. The van der Waals surface area contributed by atoms with Gasteiger partial charge in [-0.3, -0.25) is 9.59 Å². The lowest BCUT2D eigenvalue weighted by Crippen LogP contribution is -2.33. The Hall–Kier alpha value is -3.08. The summed E-state index contributed by atoms with van der Waals surface area (Å²) in [7, 11) is 0. The smallest absolute Gasteiger partial charge is 0.243 e. The first-order chi connectivity index (χ1) is 13.6. The summed E-state index contributed by atoms with van der Waals surface area (Å²) in [5.74, 6) is -0.425. The number of benzene rings is 2. The van der Waals surface area contributed by atoms with Crippen LogP contribution in [0.3, 0.4) is 0 Å². The maximum atomic E-state index is 12.3. The second kappa shape index (κ2) is 7.89. The molecule has 2 amide bonds. The first kappa shape index (κ1) is 18.3. The normalized spacial score (nSPS) is 12.8. The summed E-state index contributed by atoms with van der Waals surface area (Å²) in [6.45, 7) is 1.99. The zero-order valence-electron chi connectivity index (χ0n) is 16.0. The molecule has 0 bridgehead atoms. The number of aryl methyl sites for hydroxylation is 3. The van der Waals surface area contributed by atoms with Gasteiger partial charge >= 0.3 is 0 Å². The summed E-state index contributed by atoms with van der Waals surface area (Å²) in [6, 6.07) is 11.9. The van der Waals surface area contributed by atoms with E-state index in [-0.39, 0.29) is 24.8 Å². The van der Waals surface area contributed by atoms with E-state index >= 15 is 0 Å². The fourth-order valence-electron chi connectivity index (χ4n) is 3.84. The molecule has 1 aliphatic carbocycles. The van der Waals surface area contributed by atoms with Crippen LogP contribution in [0.5, 0.6) is 0 Å². The SMILES string of the molecule is CCc1ccccc1NC(=O)CNC(=O)Cc1coc2cc3c(cc12)CCC3. The highest BCUT2D eigenvalue weighted by molar-refractivity contribution is 5.96. The van der Waals surface area contributed by atoms with Crippen LogP contribution >= 0.6 is 0 Å². The van der Waals surface area contributed by atoms with Crippen molar-refractivity contribution < 1.29 is 14.0 Å². The van der Waals surface area contributed by atoms with E-state index in [1.54, 1.807) is 6.26 Å². The molecule has 5 nitrogen and oxygen atoms in total. The summed E-state index contributed by atoms with van der Waals surface area (Å²) in [4.78, 5) is 24.5. The highest BCUT2D eigenvalue weighted by atomic mass is 16.3. The number of para-hydroxylation sites is 1. The number of carbonyl (C=O) groups is 2.